The standard InChI is InChI=1S/C9H20N2O/c1-5-7-9(6-2,12-10)8(3)11-4/h5-7,10H2,1-4H3. The van der Waals surface area contributed by atoms with Gasteiger partial charge in [0.2, 0.25) is 0 Å². The lowest BCUT2D eigenvalue weighted by molar-refractivity contribution is -0.00402. The largest absolute Gasteiger partial charge is 0.295 e. The van der Waals surface area contributed by atoms with Crippen LogP contribution in [0.2, 0.25) is 0 Å². The Kier molecular flexibility index (Phi) is 5.09. The molecule has 0 aromatic rings. The van der Waals surface area contributed by atoms with Gasteiger partial charge in [-0.1, -0.05) is 20.3 Å². The van der Waals surface area contributed by atoms with Gasteiger partial charge in [-0.2, -0.15) is 0 Å². The molecule has 0 rings (SSSR count). The molecule has 2 N–H and O–H groups in total. The minimum atomic E-state index is -0.330. The van der Waals surface area contributed by atoms with Gasteiger partial charge < -0.3 is 0 Å². The van der Waals surface area contributed by atoms with Gasteiger partial charge in [0, 0.05) is 12.8 Å². The molecule has 3 heteroatoms. The third kappa shape index (κ3) is 2.29. The number of aliphatic imine (C=N–C) groups is 1. The Balaban J connectivity index is 4.56. The van der Waals surface area contributed by atoms with Crippen LogP contribution in [0.1, 0.15) is 40.0 Å². The van der Waals surface area contributed by atoms with Crippen LogP contribution in [0.15, 0.2) is 4.99 Å². The van der Waals surface area contributed by atoms with Crippen LogP contribution < -0.4 is 5.90 Å². The third-order valence-corrected chi connectivity index (χ3v) is 2.45. The highest BCUT2D eigenvalue weighted by atomic mass is 16.6. The van der Waals surface area contributed by atoms with Crippen LogP contribution in [0.3, 0.4) is 0 Å². The van der Waals surface area contributed by atoms with Crippen molar-refractivity contribution in [3.05, 3.63) is 0 Å². The average Bonchev–Trinajstić information content (AvgIpc) is 2.13. The summed E-state index contributed by atoms with van der Waals surface area (Å²) >= 11 is 0. The van der Waals surface area contributed by atoms with E-state index in [0.717, 1.165) is 25.0 Å². The highest BCUT2D eigenvalue weighted by Crippen LogP contribution is 2.22. The molecule has 72 valence electrons. The number of nitrogens with zero attached hydrogens (tertiary/aromatic N) is 1. The van der Waals surface area contributed by atoms with Crippen molar-refractivity contribution < 1.29 is 4.84 Å². The van der Waals surface area contributed by atoms with Crippen molar-refractivity contribution in [1.29, 1.82) is 0 Å². The van der Waals surface area contributed by atoms with Gasteiger partial charge in [-0.25, -0.2) is 5.90 Å². The second kappa shape index (κ2) is 5.27. The quantitative estimate of drug-likeness (QED) is 0.508. The summed E-state index contributed by atoms with van der Waals surface area (Å²) in [6, 6.07) is 0. The molecule has 1 atom stereocenters. The van der Waals surface area contributed by atoms with Crippen molar-refractivity contribution in [2.24, 2.45) is 10.9 Å². The number of nitrogens with two attached hydrogens (primary N) is 1. The molecule has 0 amide bonds. The molecule has 1 unspecified atom stereocenters. The van der Waals surface area contributed by atoms with Crippen LogP contribution in [0.5, 0.6) is 0 Å². The Hall–Kier alpha value is -0.410. The van der Waals surface area contributed by atoms with E-state index in [1.165, 1.54) is 0 Å². The van der Waals surface area contributed by atoms with E-state index < -0.39 is 0 Å². The third-order valence-electron chi connectivity index (χ3n) is 2.45. The minimum Gasteiger partial charge on any atom is -0.295 e. The van der Waals surface area contributed by atoms with E-state index in [4.69, 9.17) is 10.7 Å². The summed E-state index contributed by atoms with van der Waals surface area (Å²) in [5.41, 5.74) is 0.651. The van der Waals surface area contributed by atoms with Crippen LogP contribution >= 0.6 is 0 Å². The molecular formula is C9H20N2O. The zero-order valence-corrected chi connectivity index (χ0v) is 8.55. The lowest BCUT2D eigenvalue weighted by Gasteiger charge is -2.29. The Morgan fingerprint density at radius 2 is 2.08 bits per heavy atom. The van der Waals surface area contributed by atoms with Gasteiger partial charge in [-0.3, -0.25) is 9.83 Å². The topological polar surface area (TPSA) is 47.6 Å². The number of hydrogen-bond donors (Lipinski definition) is 1. The summed E-state index contributed by atoms with van der Waals surface area (Å²) in [4.78, 5) is 9.18. The monoisotopic (exact) mass is 172 g/mol. The first kappa shape index (κ1) is 11.6. The van der Waals surface area contributed by atoms with E-state index in [1.807, 2.05) is 6.92 Å². The Bertz CT molecular complexity index is 151. The molecule has 3 nitrogen and oxygen atoms in total. The van der Waals surface area contributed by atoms with Crippen molar-refractivity contribution >= 4 is 5.71 Å². The van der Waals surface area contributed by atoms with E-state index >= 15 is 0 Å². The first-order valence-corrected chi connectivity index (χ1v) is 4.48. The maximum atomic E-state index is 5.30. The molecule has 0 spiro atoms. The zero-order chi connectivity index (χ0) is 9.61. The Labute approximate surface area is 75.0 Å². The average molecular weight is 172 g/mol. The van der Waals surface area contributed by atoms with E-state index in [9.17, 15) is 0 Å². The van der Waals surface area contributed by atoms with Gasteiger partial charge in [0.1, 0.15) is 5.60 Å². The second-order valence-corrected chi connectivity index (χ2v) is 3.02. The van der Waals surface area contributed by atoms with Gasteiger partial charge in [-0.05, 0) is 19.8 Å². The van der Waals surface area contributed by atoms with Crippen molar-refractivity contribution in [3.63, 3.8) is 0 Å². The number of hydrogen-bond acceptors (Lipinski definition) is 3. The molecule has 0 saturated heterocycles. The van der Waals surface area contributed by atoms with E-state index in [2.05, 4.69) is 18.8 Å². The van der Waals surface area contributed by atoms with Gasteiger partial charge >= 0.3 is 0 Å². The van der Waals surface area contributed by atoms with Crippen LogP contribution in [-0.4, -0.2) is 18.4 Å². The summed E-state index contributed by atoms with van der Waals surface area (Å²) in [5.74, 6) is 5.30. The Morgan fingerprint density at radius 1 is 1.50 bits per heavy atom. The highest BCUT2D eigenvalue weighted by Gasteiger charge is 2.30. The molecule has 0 radical (unpaired) electrons. The summed E-state index contributed by atoms with van der Waals surface area (Å²) in [5, 5.41) is 0. The highest BCUT2D eigenvalue weighted by molar-refractivity contribution is 5.90. The molecule has 0 bridgehead atoms. The van der Waals surface area contributed by atoms with Crippen LogP contribution in [0, 0.1) is 0 Å². The molecule has 0 fully saturated rings. The van der Waals surface area contributed by atoms with E-state index in [-0.39, 0.29) is 5.60 Å². The van der Waals surface area contributed by atoms with Crippen LogP contribution in [0.25, 0.3) is 0 Å². The molecule has 0 aliphatic rings. The second-order valence-electron chi connectivity index (χ2n) is 3.02. The van der Waals surface area contributed by atoms with Crippen LogP contribution in [-0.2, 0) is 4.84 Å². The van der Waals surface area contributed by atoms with Gasteiger partial charge in [0.05, 0.1) is 0 Å². The fourth-order valence-corrected chi connectivity index (χ4v) is 1.45. The van der Waals surface area contributed by atoms with Crippen molar-refractivity contribution in [2.45, 2.75) is 45.6 Å². The summed E-state index contributed by atoms with van der Waals surface area (Å²) in [7, 11) is 1.77. The predicted molar refractivity (Wildman–Crippen MR) is 52.2 cm³/mol. The normalized spacial score (nSPS) is 17.6. The molecule has 12 heavy (non-hydrogen) atoms. The van der Waals surface area contributed by atoms with E-state index in [0.29, 0.717) is 0 Å². The van der Waals surface area contributed by atoms with Crippen LogP contribution in [0.4, 0.5) is 0 Å². The SMILES string of the molecule is CCCC(CC)(ON)C(C)=NC. The fourth-order valence-electron chi connectivity index (χ4n) is 1.45. The maximum absolute atomic E-state index is 5.30. The maximum Gasteiger partial charge on any atom is 0.126 e. The zero-order valence-electron chi connectivity index (χ0n) is 8.55. The van der Waals surface area contributed by atoms with Crippen molar-refractivity contribution in [3.8, 4) is 0 Å². The summed E-state index contributed by atoms with van der Waals surface area (Å²) < 4.78 is 0. The summed E-state index contributed by atoms with van der Waals surface area (Å²) in [6.07, 6.45) is 2.86. The van der Waals surface area contributed by atoms with Gasteiger partial charge in [-0.15, -0.1) is 0 Å². The first-order chi connectivity index (χ1) is 5.66. The van der Waals surface area contributed by atoms with E-state index in [1.54, 1.807) is 7.05 Å². The lowest BCUT2D eigenvalue weighted by atomic mass is 9.90. The predicted octanol–water partition coefficient (Wildman–Crippen LogP) is 1.92. The molecule has 0 heterocycles. The molecule has 0 aromatic carbocycles. The molecule has 0 aliphatic carbocycles. The number of rotatable bonds is 5. The summed E-state index contributed by atoms with van der Waals surface area (Å²) in [6.45, 7) is 6.15. The Morgan fingerprint density at radius 3 is 2.33 bits per heavy atom. The fraction of sp³-hybridized carbons (Fsp3) is 0.889. The molecule has 0 aromatic heterocycles. The molecule has 0 saturated carbocycles. The van der Waals surface area contributed by atoms with Crippen molar-refractivity contribution in [2.75, 3.05) is 7.05 Å². The smallest absolute Gasteiger partial charge is 0.126 e. The van der Waals surface area contributed by atoms with Gasteiger partial charge in [0.25, 0.3) is 0 Å². The molecular weight excluding hydrogens is 152 g/mol. The first-order valence-electron chi connectivity index (χ1n) is 4.48. The minimum absolute atomic E-state index is 0.330. The lowest BCUT2D eigenvalue weighted by Crippen LogP contribution is -2.41. The van der Waals surface area contributed by atoms with Crippen molar-refractivity contribution in [1.82, 2.24) is 0 Å². The van der Waals surface area contributed by atoms with Gasteiger partial charge in [0.15, 0.2) is 0 Å². The molecule has 0 aliphatic heterocycles.